The van der Waals surface area contributed by atoms with Crippen molar-refractivity contribution in [3.8, 4) is 0 Å². The zero-order chi connectivity index (χ0) is 13.5. The molecule has 2 nitrogen and oxygen atoms in total. The van der Waals surface area contributed by atoms with Crippen molar-refractivity contribution in [2.24, 2.45) is 5.92 Å². The number of hydrogen-bond donors (Lipinski definition) is 1. The van der Waals surface area contributed by atoms with Crippen LogP contribution in [0, 0.1) is 5.92 Å². The Balaban J connectivity index is 0.000000357. The highest BCUT2D eigenvalue weighted by Gasteiger charge is 2.14. The first kappa shape index (κ1) is 14.5. The highest BCUT2D eigenvalue weighted by atomic mass is 16.1. The fraction of sp³-hybridized carbons (Fsp3) is 0.438. The van der Waals surface area contributed by atoms with Crippen LogP contribution in [0.1, 0.15) is 38.3 Å². The monoisotopic (exact) mass is 245 g/mol. The molecule has 0 radical (unpaired) electrons. The maximum atomic E-state index is 11.2. The highest BCUT2D eigenvalue weighted by molar-refractivity contribution is 5.99. The van der Waals surface area contributed by atoms with Gasteiger partial charge in [0.15, 0.2) is 0 Å². The maximum Gasteiger partial charge on any atom is 0.247 e. The second kappa shape index (κ2) is 7.00. The molecule has 0 aromatic heterocycles. The van der Waals surface area contributed by atoms with Gasteiger partial charge in [-0.2, -0.15) is 0 Å². The van der Waals surface area contributed by atoms with Gasteiger partial charge in [-0.25, -0.2) is 0 Å². The molecule has 1 N–H and O–H groups in total. The van der Waals surface area contributed by atoms with Gasteiger partial charge >= 0.3 is 0 Å². The smallest absolute Gasteiger partial charge is 0.247 e. The lowest BCUT2D eigenvalue weighted by Gasteiger charge is -2.07. The largest absolute Gasteiger partial charge is 0.322 e. The van der Waals surface area contributed by atoms with Crippen LogP contribution in [0.15, 0.2) is 30.9 Å². The molecule has 18 heavy (non-hydrogen) atoms. The van der Waals surface area contributed by atoms with Gasteiger partial charge in [-0.1, -0.05) is 39.5 Å². The van der Waals surface area contributed by atoms with Crippen LogP contribution in [0.25, 0.3) is 0 Å². The molecule has 0 saturated carbocycles. The predicted molar refractivity (Wildman–Crippen MR) is 77.8 cm³/mol. The summed E-state index contributed by atoms with van der Waals surface area (Å²) < 4.78 is 0. The van der Waals surface area contributed by atoms with E-state index in [0.717, 1.165) is 24.4 Å². The summed E-state index contributed by atoms with van der Waals surface area (Å²) in [6.07, 6.45) is 4.70. The van der Waals surface area contributed by atoms with Gasteiger partial charge in [0.2, 0.25) is 5.91 Å². The first-order valence-corrected chi connectivity index (χ1v) is 6.58. The lowest BCUT2D eigenvalue weighted by atomic mass is 10.1. The molecular weight excluding hydrogens is 222 g/mol. The van der Waals surface area contributed by atoms with E-state index < -0.39 is 0 Å². The van der Waals surface area contributed by atoms with E-state index in [1.165, 1.54) is 23.6 Å². The minimum atomic E-state index is -0.134. The van der Waals surface area contributed by atoms with Crippen molar-refractivity contribution in [3.63, 3.8) is 0 Å². The molecule has 1 aliphatic rings. The summed E-state index contributed by atoms with van der Waals surface area (Å²) in [6.45, 7) is 9.94. The summed E-state index contributed by atoms with van der Waals surface area (Å²) in [7, 11) is 0. The topological polar surface area (TPSA) is 29.1 Å². The number of rotatable bonds is 2. The normalized spacial score (nSPS) is 12.4. The molecule has 2 heteroatoms. The Morgan fingerprint density at radius 3 is 2.61 bits per heavy atom. The lowest BCUT2D eigenvalue weighted by Crippen LogP contribution is -2.09. The van der Waals surface area contributed by atoms with Crippen molar-refractivity contribution in [3.05, 3.63) is 42.0 Å². The Morgan fingerprint density at radius 1 is 1.33 bits per heavy atom. The van der Waals surface area contributed by atoms with Crippen LogP contribution in [-0.2, 0) is 17.6 Å². The molecule has 1 aromatic rings. The van der Waals surface area contributed by atoms with E-state index >= 15 is 0 Å². The van der Waals surface area contributed by atoms with Crippen LogP contribution in [0.3, 0.4) is 0 Å². The van der Waals surface area contributed by atoms with E-state index in [1.54, 1.807) is 0 Å². The number of aryl methyl sites for hydroxylation is 1. The molecule has 0 bridgehead atoms. The molecule has 0 fully saturated rings. The second-order valence-electron chi connectivity index (χ2n) is 5.22. The lowest BCUT2D eigenvalue weighted by molar-refractivity contribution is -0.111. The summed E-state index contributed by atoms with van der Waals surface area (Å²) in [5.41, 5.74) is 3.61. The third-order valence-corrected chi connectivity index (χ3v) is 2.59. The fourth-order valence-electron chi connectivity index (χ4n) is 1.92. The SMILES string of the molecule is C=CC(=O)Nc1cccc2c1CCC2.CC(C)C. The number of anilines is 1. The van der Waals surface area contributed by atoms with Crippen molar-refractivity contribution in [1.82, 2.24) is 0 Å². The van der Waals surface area contributed by atoms with Gasteiger partial charge in [-0.15, -0.1) is 0 Å². The van der Waals surface area contributed by atoms with Gasteiger partial charge in [-0.05, 0) is 48.4 Å². The fourth-order valence-corrected chi connectivity index (χ4v) is 1.92. The molecule has 0 atom stereocenters. The molecule has 1 amide bonds. The average Bonchev–Trinajstić information content (AvgIpc) is 2.77. The first-order chi connectivity index (χ1) is 8.54. The molecule has 0 unspecified atom stereocenters. The van der Waals surface area contributed by atoms with E-state index in [4.69, 9.17) is 0 Å². The molecule has 0 aliphatic heterocycles. The quantitative estimate of drug-likeness (QED) is 0.785. The number of hydrogen-bond acceptors (Lipinski definition) is 1. The average molecular weight is 245 g/mol. The van der Waals surface area contributed by atoms with Gasteiger partial charge in [0.1, 0.15) is 0 Å². The minimum absolute atomic E-state index is 0.134. The molecule has 98 valence electrons. The van der Waals surface area contributed by atoms with Gasteiger partial charge in [0.05, 0.1) is 0 Å². The van der Waals surface area contributed by atoms with Crippen LogP contribution in [-0.4, -0.2) is 5.91 Å². The predicted octanol–water partition coefficient (Wildman–Crippen LogP) is 3.96. The third-order valence-electron chi connectivity index (χ3n) is 2.59. The van der Waals surface area contributed by atoms with Crippen LogP contribution >= 0.6 is 0 Å². The number of carbonyl (C=O) groups excluding carboxylic acids is 1. The number of carbonyl (C=O) groups is 1. The Labute approximate surface area is 110 Å². The van der Waals surface area contributed by atoms with Crippen molar-refractivity contribution in [2.75, 3.05) is 5.32 Å². The van der Waals surface area contributed by atoms with E-state index in [9.17, 15) is 4.79 Å². The van der Waals surface area contributed by atoms with Crippen LogP contribution in [0.2, 0.25) is 0 Å². The van der Waals surface area contributed by atoms with Crippen LogP contribution < -0.4 is 5.32 Å². The summed E-state index contributed by atoms with van der Waals surface area (Å²) >= 11 is 0. The zero-order valence-corrected chi connectivity index (χ0v) is 11.6. The summed E-state index contributed by atoms with van der Waals surface area (Å²) in [5, 5.41) is 2.83. The summed E-state index contributed by atoms with van der Waals surface area (Å²) in [5.74, 6) is 0.699. The Hall–Kier alpha value is -1.57. The summed E-state index contributed by atoms with van der Waals surface area (Å²) in [4.78, 5) is 11.2. The van der Waals surface area contributed by atoms with Gasteiger partial charge in [-0.3, -0.25) is 4.79 Å². The zero-order valence-electron chi connectivity index (χ0n) is 11.6. The first-order valence-electron chi connectivity index (χ1n) is 6.58. The highest BCUT2D eigenvalue weighted by Crippen LogP contribution is 2.28. The van der Waals surface area contributed by atoms with Gasteiger partial charge in [0, 0.05) is 5.69 Å². The van der Waals surface area contributed by atoms with Crippen LogP contribution in [0.4, 0.5) is 5.69 Å². The van der Waals surface area contributed by atoms with Crippen molar-refractivity contribution >= 4 is 11.6 Å². The van der Waals surface area contributed by atoms with Gasteiger partial charge < -0.3 is 5.32 Å². The van der Waals surface area contributed by atoms with Crippen LogP contribution in [0.5, 0.6) is 0 Å². The molecular formula is C16H23NO. The molecule has 0 spiro atoms. The van der Waals surface area contributed by atoms with Crippen molar-refractivity contribution < 1.29 is 4.79 Å². The number of amides is 1. The molecule has 0 heterocycles. The molecule has 0 saturated heterocycles. The molecule has 1 aromatic carbocycles. The Bertz CT molecular complexity index is 418. The van der Waals surface area contributed by atoms with E-state index in [2.05, 4.69) is 38.7 Å². The second-order valence-corrected chi connectivity index (χ2v) is 5.22. The Kier molecular flexibility index (Phi) is 5.63. The molecule has 1 aliphatic carbocycles. The van der Waals surface area contributed by atoms with E-state index in [-0.39, 0.29) is 5.91 Å². The van der Waals surface area contributed by atoms with Crippen molar-refractivity contribution in [1.29, 1.82) is 0 Å². The standard InChI is InChI=1S/C12H13NO.C4H10/c1-2-12(14)13-11-8-4-6-9-5-3-7-10(9)11;1-4(2)3/h2,4,6,8H,1,3,5,7H2,(H,13,14);4H,1-3H3. The maximum absolute atomic E-state index is 11.2. The van der Waals surface area contributed by atoms with E-state index in [0.29, 0.717) is 0 Å². The number of nitrogens with one attached hydrogen (secondary N) is 1. The number of benzene rings is 1. The van der Waals surface area contributed by atoms with E-state index in [1.807, 2.05) is 12.1 Å². The number of fused-ring (bicyclic) bond motifs is 1. The summed E-state index contributed by atoms with van der Waals surface area (Å²) in [6, 6.07) is 6.07. The van der Waals surface area contributed by atoms with Crippen molar-refractivity contribution in [2.45, 2.75) is 40.0 Å². The Morgan fingerprint density at radius 2 is 2.00 bits per heavy atom. The van der Waals surface area contributed by atoms with Gasteiger partial charge in [0.25, 0.3) is 0 Å². The third kappa shape index (κ3) is 4.36. The minimum Gasteiger partial charge on any atom is -0.322 e. The molecule has 2 rings (SSSR count).